The molecule has 1 atom stereocenters. The highest BCUT2D eigenvalue weighted by molar-refractivity contribution is 5.92. The van der Waals surface area contributed by atoms with E-state index in [4.69, 9.17) is 0 Å². The van der Waals surface area contributed by atoms with Gasteiger partial charge in [-0.25, -0.2) is 9.37 Å². The Morgan fingerprint density at radius 2 is 1.94 bits per heavy atom. The fourth-order valence-electron chi connectivity index (χ4n) is 3.26. The van der Waals surface area contributed by atoms with E-state index in [-0.39, 0.29) is 17.6 Å². The van der Waals surface area contributed by atoms with Crippen molar-refractivity contribution in [2.24, 2.45) is 0 Å². The average molecular weight is 471 g/mol. The molecular formula is C25H35FN6O2. The zero-order chi connectivity index (χ0) is 25.3. The first-order chi connectivity index (χ1) is 16.1. The number of hydrogen-bond acceptors (Lipinski definition) is 6. The fraction of sp³-hybridized carbons (Fsp3) is 0.440. The van der Waals surface area contributed by atoms with Crippen molar-refractivity contribution in [2.45, 2.75) is 39.7 Å². The molecule has 34 heavy (non-hydrogen) atoms. The predicted molar refractivity (Wildman–Crippen MR) is 132 cm³/mol. The van der Waals surface area contributed by atoms with E-state index >= 15 is 0 Å². The van der Waals surface area contributed by atoms with Gasteiger partial charge >= 0.3 is 0 Å². The molecule has 9 heteroatoms. The summed E-state index contributed by atoms with van der Waals surface area (Å²) in [5.41, 5.74) is 3.04. The Morgan fingerprint density at radius 3 is 2.59 bits per heavy atom. The SMILES string of the molecule is CCc1ncc(Nc2cc(F)cc(CCNC(=O)[C@H](C)N(C)C(=O)/C=C/CN(C)C)c2)nc1C. The number of carbonyl (C=O) groups excluding carboxylic acids is 2. The lowest BCUT2D eigenvalue weighted by Crippen LogP contribution is -2.45. The van der Waals surface area contributed by atoms with E-state index in [1.165, 1.54) is 23.1 Å². The summed E-state index contributed by atoms with van der Waals surface area (Å²) >= 11 is 0. The van der Waals surface area contributed by atoms with Crippen LogP contribution in [0, 0.1) is 12.7 Å². The Kier molecular flexibility index (Phi) is 10.1. The van der Waals surface area contributed by atoms with Crippen LogP contribution in [0.15, 0.2) is 36.5 Å². The highest BCUT2D eigenvalue weighted by Gasteiger charge is 2.20. The number of aromatic nitrogens is 2. The molecule has 0 bridgehead atoms. The number of nitrogens with one attached hydrogen (secondary N) is 2. The molecule has 0 fully saturated rings. The lowest BCUT2D eigenvalue weighted by molar-refractivity contribution is -0.135. The zero-order valence-corrected chi connectivity index (χ0v) is 20.9. The molecule has 1 heterocycles. The van der Waals surface area contributed by atoms with Crippen LogP contribution in [0.2, 0.25) is 0 Å². The monoisotopic (exact) mass is 470 g/mol. The second-order valence-corrected chi connectivity index (χ2v) is 8.44. The molecule has 0 unspecified atom stereocenters. The van der Waals surface area contributed by atoms with E-state index in [9.17, 15) is 14.0 Å². The second-order valence-electron chi connectivity index (χ2n) is 8.44. The fourth-order valence-corrected chi connectivity index (χ4v) is 3.26. The number of rotatable bonds is 11. The standard InChI is InChI=1S/C25H35FN6O2/c1-7-22-17(2)29-23(16-28-22)30-21-14-19(13-20(26)15-21)10-11-27-25(34)18(3)32(6)24(33)9-8-12-31(4)5/h8-9,13-16,18H,7,10-12H2,1-6H3,(H,27,34)(H,29,30)/b9-8+/t18-/m0/s1. The molecule has 0 saturated heterocycles. The Bertz CT molecular complexity index is 1020. The third-order valence-corrected chi connectivity index (χ3v) is 5.37. The molecule has 1 aromatic carbocycles. The lowest BCUT2D eigenvalue weighted by atomic mass is 10.1. The number of amides is 2. The molecule has 0 aliphatic heterocycles. The summed E-state index contributed by atoms with van der Waals surface area (Å²) in [6, 6.07) is 4.01. The molecule has 2 amide bonds. The number of halogens is 1. The van der Waals surface area contributed by atoms with E-state index in [1.54, 1.807) is 26.2 Å². The molecule has 0 radical (unpaired) electrons. The van der Waals surface area contributed by atoms with Crippen LogP contribution in [0.1, 0.15) is 30.8 Å². The smallest absolute Gasteiger partial charge is 0.246 e. The van der Waals surface area contributed by atoms with Gasteiger partial charge in [-0.3, -0.25) is 14.6 Å². The summed E-state index contributed by atoms with van der Waals surface area (Å²) in [5, 5.41) is 5.91. The minimum atomic E-state index is -0.630. The van der Waals surface area contributed by atoms with E-state index in [0.29, 0.717) is 31.0 Å². The molecule has 2 N–H and O–H groups in total. The molecule has 0 saturated carbocycles. The van der Waals surface area contributed by atoms with Gasteiger partial charge in [0.25, 0.3) is 0 Å². The van der Waals surface area contributed by atoms with Crippen LogP contribution in [0.5, 0.6) is 0 Å². The number of benzene rings is 1. The van der Waals surface area contributed by atoms with Gasteiger partial charge in [0.05, 0.1) is 17.6 Å². The van der Waals surface area contributed by atoms with Crippen molar-refractivity contribution < 1.29 is 14.0 Å². The number of anilines is 2. The Hall–Kier alpha value is -3.33. The second kappa shape index (κ2) is 12.8. The maximum atomic E-state index is 14.2. The zero-order valence-electron chi connectivity index (χ0n) is 20.9. The summed E-state index contributed by atoms with van der Waals surface area (Å²) in [6.07, 6.45) is 6.08. The summed E-state index contributed by atoms with van der Waals surface area (Å²) in [7, 11) is 5.41. The van der Waals surface area contributed by atoms with E-state index in [1.807, 2.05) is 38.9 Å². The van der Waals surface area contributed by atoms with Gasteiger partial charge in [0, 0.05) is 31.9 Å². The minimum Gasteiger partial charge on any atom is -0.354 e. The van der Waals surface area contributed by atoms with Gasteiger partial charge in [0.2, 0.25) is 11.8 Å². The van der Waals surface area contributed by atoms with Crippen LogP contribution in [-0.2, 0) is 22.4 Å². The van der Waals surface area contributed by atoms with E-state index in [2.05, 4.69) is 20.6 Å². The molecule has 184 valence electrons. The third kappa shape index (κ3) is 8.22. The summed E-state index contributed by atoms with van der Waals surface area (Å²) in [6.45, 7) is 6.53. The topological polar surface area (TPSA) is 90.5 Å². The number of nitrogens with zero attached hydrogens (tertiary/aromatic N) is 4. The highest BCUT2D eigenvalue weighted by Crippen LogP contribution is 2.19. The third-order valence-electron chi connectivity index (χ3n) is 5.37. The van der Waals surface area contributed by atoms with E-state index in [0.717, 1.165) is 23.4 Å². The van der Waals surface area contributed by atoms with Gasteiger partial charge in [-0.2, -0.15) is 0 Å². The van der Waals surface area contributed by atoms with Crippen LogP contribution in [-0.4, -0.2) is 71.9 Å². The molecule has 2 aromatic rings. The first-order valence-corrected chi connectivity index (χ1v) is 11.4. The predicted octanol–water partition coefficient (Wildman–Crippen LogP) is 2.85. The van der Waals surface area contributed by atoms with Gasteiger partial charge in [-0.05, 0) is 64.5 Å². The van der Waals surface area contributed by atoms with Gasteiger partial charge < -0.3 is 20.4 Å². The van der Waals surface area contributed by atoms with Crippen molar-refractivity contribution in [1.82, 2.24) is 25.1 Å². The lowest BCUT2D eigenvalue weighted by Gasteiger charge is -2.23. The molecule has 0 aliphatic carbocycles. The first kappa shape index (κ1) is 26.9. The molecular weight excluding hydrogens is 435 g/mol. The Morgan fingerprint density at radius 1 is 1.21 bits per heavy atom. The maximum absolute atomic E-state index is 14.2. The molecule has 0 spiro atoms. The van der Waals surface area contributed by atoms with Crippen molar-refractivity contribution >= 4 is 23.3 Å². The summed E-state index contributed by atoms with van der Waals surface area (Å²) in [4.78, 5) is 36.9. The van der Waals surface area contributed by atoms with Crippen molar-refractivity contribution in [1.29, 1.82) is 0 Å². The quantitative estimate of drug-likeness (QED) is 0.491. The van der Waals surface area contributed by atoms with Gasteiger partial charge in [0.15, 0.2) is 0 Å². The molecule has 1 aromatic heterocycles. The normalized spacial score (nSPS) is 12.1. The van der Waals surface area contributed by atoms with Crippen LogP contribution < -0.4 is 10.6 Å². The van der Waals surface area contributed by atoms with Crippen LogP contribution in [0.4, 0.5) is 15.9 Å². The molecule has 0 aliphatic rings. The number of carbonyl (C=O) groups is 2. The van der Waals surface area contributed by atoms with E-state index < -0.39 is 6.04 Å². The first-order valence-electron chi connectivity index (χ1n) is 11.4. The summed E-state index contributed by atoms with van der Waals surface area (Å²) < 4.78 is 14.2. The minimum absolute atomic E-state index is 0.240. The van der Waals surface area contributed by atoms with Gasteiger partial charge in [-0.1, -0.05) is 13.0 Å². The van der Waals surface area contributed by atoms with Gasteiger partial charge in [0.1, 0.15) is 17.7 Å². The van der Waals surface area contributed by atoms with Crippen molar-refractivity contribution in [3.8, 4) is 0 Å². The molecule has 2 rings (SSSR count). The Labute approximate surface area is 201 Å². The number of aryl methyl sites for hydroxylation is 2. The van der Waals surface area contributed by atoms with Crippen molar-refractivity contribution in [3.63, 3.8) is 0 Å². The number of likely N-dealkylation sites (N-methyl/N-ethyl adjacent to an activating group) is 2. The van der Waals surface area contributed by atoms with Crippen molar-refractivity contribution in [2.75, 3.05) is 39.5 Å². The van der Waals surface area contributed by atoms with Crippen LogP contribution in [0.25, 0.3) is 0 Å². The summed E-state index contributed by atoms with van der Waals surface area (Å²) in [5.74, 6) is -0.353. The highest BCUT2D eigenvalue weighted by atomic mass is 19.1. The largest absolute Gasteiger partial charge is 0.354 e. The number of hydrogen-bond donors (Lipinski definition) is 2. The van der Waals surface area contributed by atoms with Crippen LogP contribution >= 0.6 is 0 Å². The molecule has 8 nitrogen and oxygen atoms in total. The Balaban J connectivity index is 1.92. The van der Waals surface area contributed by atoms with Crippen molar-refractivity contribution in [3.05, 3.63) is 59.3 Å². The average Bonchev–Trinajstić information content (AvgIpc) is 2.77. The van der Waals surface area contributed by atoms with Gasteiger partial charge in [-0.15, -0.1) is 0 Å². The maximum Gasteiger partial charge on any atom is 0.246 e. The van der Waals surface area contributed by atoms with Crippen LogP contribution in [0.3, 0.4) is 0 Å².